The molecular formula is C10H13NS. The summed E-state index contributed by atoms with van der Waals surface area (Å²) in [7, 11) is 0. The molecule has 1 atom stereocenters. The Kier molecular flexibility index (Phi) is 2.38. The van der Waals surface area contributed by atoms with Gasteiger partial charge in [0, 0.05) is 10.9 Å². The summed E-state index contributed by atoms with van der Waals surface area (Å²) in [5, 5.41) is 3.46. The highest BCUT2D eigenvalue weighted by Gasteiger charge is 2.17. The van der Waals surface area contributed by atoms with Crippen LogP contribution in [0.25, 0.3) is 0 Å². The SMILES string of the molecule is Sc1ccccc1C1CCCN1. The van der Waals surface area contributed by atoms with E-state index in [9.17, 15) is 0 Å². The average molecular weight is 179 g/mol. The minimum absolute atomic E-state index is 0.540. The van der Waals surface area contributed by atoms with Gasteiger partial charge in [0.1, 0.15) is 0 Å². The topological polar surface area (TPSA) is 12.0 Å². The molecule has 1 aliphatic rings. The molecule has 0 amide bonds. The fourth-order valence-corrected chi connectivity index (χ4v) is 2.05. The first-order valence-electron chi connectivity index (χ1n) is 4.39. The predicted octanol–water partition coefficient (Wildman–Crippen LogP) is 2.40. The van der Waals surface area contributed by atoms with E-state index in [1.807, 2.05) is 6.07 Å². The number of nitrogens with one attached hydrogen (secondary N) is 1. The summed E-state index contributed by atoms with van der Waals surface area (Å²) in [5.74, 6) is 0. The number of hydrogen-bond donors (Lipinski definition) is 2. The van der Waals surface area contributed by atoms with Gasteiger partial charge in [0.25, 0.3) is 0 Å². The fourth-order valence-electron chi connectivity index (χ4n) is 1.73. The Morgan fingerprint density at radius 3 is 2.83 bits per heavy atom. The van der Waals surface area contributed by atoms with Gasteiger partial charge in [-0.25, -0.2) is 0 Å². The zero-order chi connectivity index (χ0) is 8.39. The van der Waals surface area contributed by atoms with Crippen molar-refractivity contribution in [3.05, 3.63) is 29.8 Å². The van der Waals surface area contributed by atoms with Crippen molar-refractivity contribution < 1.29 is 0 Å². The average Bonchev–Trinajstić information content (AvgIpc) is 2.57. The summed E-state index contributed by atoms with van der Waals surface area (Å²) >= 11 is 4.43. The van der Waals surface area contributed by atoms with E-state index in [0.717, 1.165) is 11.4 Å². The van der Waals surface area contributed by atoms with Crippen LogP contribution in [0.1, 0.15) is 24.4 Å². The number of thiol groups is 1. The molecule has 0 bridgehead atoms. The third-order valence-corrected chi connectivity index (χ3v) is 2.78. The lowest BCUT2D eigenvalue weighted by atomic mass is 10.1. The minimum atomic E-state index is 0.540. The molecule has 12 heavy (non-hydrogen) atoms. The van der Waals surface area contributed by atoms with Crippen molar-refractivity contribution in [2.24, 2.45) is 0 Å². The molecule has 1 heterocycles. The summed E-state index contributed by atoms with van der Waals surface area (Å²) in [6, 6.07) is 8.86. The third-order valence-electron chi connectivity index (χ3n) is 2.37. The number of rotatable bonds is 1. The van der Waals surface area contributed by atoms with Crippen LogP contribution in [0.5, 0.6) is 0 Å². The molecule has 1 fully saturated rings. The quantitative estimate of drug-likeness (QED) is 0.631. The van der Waals surface area contributed by atoms with Crippen molar-refractivity contribution in [3.8, 4) is 0 Å². The molecule has 1 unspecified atom stereocenters. The van der Waals surface area contributed by atoms with Crippen molar-refractivity contribution in [2.45, 2.75) is 23.8 Å². The Labute approximate surface area is 78.6 Å². The van der Waals surface area contributed by atoms with E-state index in [1.165, 1.54) is 18.4 Å². The molecule has 1 aromatic rings. The van der Waals surface area contributed by atoms with Crippen LogP contribution < -0.4 is 5.32 Å². The van der Waals surface area contributed by atoms with E-state index < -0.39 is 0 Å². The Bertz CT molecular complexity index is 266. The van der Waals surface area contributed by atoms with E-state index in [2.05, 4.69) is 36.1 Å². The van der Waals surface area contributed by atoms with Crippen LogP contribution in [0.15, 0.2) is 29.2 Å². The lowest BCUT2D eigenvalue weighted by molar-refractivity contribution is 0.637. The van der Waals surface area contributed by atoms with Gasteiger partial charge >= 0.3 is 0 Å². The first-order chi connectivity index (χ1) is 5.88. The van der Waals surface area contributed by atoms with E-state index in [-0.39, 0.29) is 0 Å². The van der Waals surface area contributed by atoms with Crippen LogP contribution in [-0.4, -0.2) is 6.54 Å². The normalized spacial score (nSPS) is 22.9. The zero-order valence-corrected chi connectivity index (χ0v) is 7.85. The van der Waals surface area contributed by atoms with Gasteiger partial charge in [0.15, 0.2) is 0 Å². The minimum Gasteiger partial charge on any atom is -0.310 e. The molecule has 1 N–H and O–H groups in total. The van der Waals surface area contributed by atoms with Gasteiger partial charge in [-0.2, -0.15) is 0 Å². The summed E-state index contributed by atoms with van der Waals surface area (Å²) in [6.07, 6.45) is 2.53. The smallest absolute Gasteiger partial charge is 0.0331 e. The lowest BCUT2D eigenvalue weighted by Gasteiger charge is -2.12. The number of hydrogen-bond acceptors (Lipinski definition) is 2. The van der Waals surface area contributed by atoms with Gasteiger partial charge in [0.05, 0.1) is 0 Å². The van der Waals surface area contributed by atoms with Crippen LogP contribution in [0.4, 0.5) is 0 Å². The van der Waals surface area contributed by atoms with Crippen molar-refractivity contribution in [3.63, 3.8) is 0 Å². The molecule has 0 radical (unpaired) electrons. The first kappa shape index (κ1) is 8.14. The molecular weight excluding hydrogens is 166 g/mol. The standard InChI is InChI=1S/C10H13NS/c12-10-6-2-1-4-8(10)9-5-3-7-11-9/h1-2,4,6,9,11-12H,3,5,7H2. The van der Waals surface area contributed by atoms with Gasteiger partial charge in [0.2, 0.25) is 0 Å². The van der Waals surface area contributed by atoms with Crippen LogP contribution in [0.2, 0.25) is 0 Å². The molecule has 0 saturated carbocycles. The lowest BCUT2D eigenvalue weighted by Crippen LogP contribution is -2.13. The van der Waals surface area contributed by atoms with Crippen molar-refractivity contribution in [2.75, 3.05) is 6.54 Å². The van der Waals surface area contributed by atoms with E-state index in [4.69, 9.17) is 0 Å². The van der Waals surface area contributed by atoms with Crippen molar-refractivity contribution in [1.82, 2.24) is 5.32 Å². The van der Waals surface area contributed by atoms with E-state index in [1.54, 1.807) is 0 Å². The van der Waals surface area contributed by atoms with Crippen LogP contribution in [-0.2, 0) is 0 Å². The van der Waals surface area contributed by atoms with Crippen LogP contribution in [0.3, 0.4) is 0 Å². The maximum absolute atomic E-state index is 4.43. The van der Waals surface area contributed by atoms with Crippen LogP contribution >= 0.6 is 12.6 Å². The second kappa shape index (κ2) is 3.50. The summed E-state index contributed by atoms with van der Waals surface area (Å²) in [4.78, 5) is 1.11. The third kappa shape index (κ3) is 1.50. The highest BCUT2D eigenvalue weighted by Crippen LogP contribution is 2.27. The number of benzene rings is 1. The molecule has 0 spiro atoms. The van der Waals surface area contributed by atoms with Gasteiger partial charge in [-0.15, -0.1) is 12.6 Å². The molecule has 0 aromatic heterocycles. The molecule has 1 saturated heterocycles. The Morgan fingerprint density at radius 1 is 1.33 bits per heavy atom. The second-order valence-electron chi connectivity index (χ2n) is 3.21. The summed E-state index contributed by atoms with van der Waals surface area (Å²) in [5.41, 5.74) is 1.35. The monoisotopic (exact) mass is 179 g/mol. The second-order valence-corrected chi connectivity index (χ2v) is 3.69. The maximum atomic E-state index is 4.43. The maximum Gasteiger partial charge on any atom is 0.0331 e. The first-order valence-corrected chi connectivity index (χ1v) is 4.84. The largest absolute Gasteiger partial charge is 0.310 e. The zero-order valence-electron chi connectivity index (χ0n) is 6.96. The van der Waals surface area contributed by atoms with E-state index in [0.29, 0.717) is 6.04 Å². The predicted molar refractivity (Wildman–Crippen MR) is 53.7 cm³/mol. The van der Waals surface area contributed by atoms with Crippen LogP contribution in [0, 0.1) is 0 Å². The summed E-state index contributed by atoms with van der Waals surface area (Å²) in [6.45, 7) is 1.15. The highest BCUT2D eigenvalue weighted by molar-refractivity contribution is 7.80. The molecule has 2 heteroatoms. The highest BCUT2D eigenvalue weighted by atomic mass is 32.1. The molecule has 2 rings (SSSR count). The molecule has 64 valence electrons. The van der Waals surface area contributed by atoms with E-state index >= 15 is 0 Å². The fraction of sp³-hybridized carbons (Fsp3) is 0.400. The Hall–Kier alpha value is -0.470. The van der Waals surface area contributed by atoms with Crippen molar-refractivity contribution in [1.29, 1.82) is 0 Å². The molecule has 1 aliphatic heterocycles. The molecule has 1 aromatic carbocycles. The van der Waals surface area contributed by atoms with Gasteiger partial charge in [-0.3, -0.25) is 0 Å². The Morgan fingerprint density at radius 2 is 2.17 bits per heavy atom. The van der Waals surface area contributed by atoms with Gasteiger partial charge in [-0.1, -0.05) is 18.2 Å². The molecule has 1 nitrogen and oxygen atoms in total. The van der Waals surface area contributed by atoms with Crippen molar-refractivity contribution >= 4 is 12.6 Å². The van der Waals surface area contributed by atoms with Gasteiger partial charge < -0.3 is 5.32 Å². The summed E-state index contributed by atoms with van der Waals surface area (Å²) < 4.78 is 0. The van der Waals surface area contributed by atoms with Gasteiger partial charge in [-0.05, 0) is 31.0 Å². The molecule has 0 aliphatic carbocycles. The Balaban J connectivity index is 2.26.